The van der Waals surface area contributed by atoms with Gasteiger partial charge in [0.1, 0.15) is 0 Å². The van der Waals surface area contributed by atoms with Gasteiger partial charge in [0.25, 0.3) is 0 Å². The molecule has 0 saturated carbocycles. The third-order valence-corrected chi connectivity index (χ3v) is 4.61. The van der Waals surface area contributed by atoms with Gasteiger partial charge in [-0.2, -0.15) is 0 Å². The van der Waals surface area contributed by atoms with Gasteiger partial charge in [0.05, 0.1) is 0 Å². The van der Waals surface area contributed by atoms with Crippen LogP contribution in [-0.4, -0.2) is 26.6 Å². The van der Waals surface area contributed by atoms with E-state index in [1.807, 2.05) is 0 Å². The van der Waals surface area contributed by atoms with Gasteiger partial charge in [0.2, 0.25) is 0 Å². The number of hydrogen-bond acceptors (Lipinski definition) is 1. The summed E-state index contributed by atoms with van der Waals surface area (Å²) in [5.41, 5.74) is 5.30. The van der Waals surface area contributed by atoms with E-state index < -0.39 is 0 Å². The van der Waals surface area contributed by atoms with Crippen molar-refractivity contribution in [2.45, 2.75) is 23.0 Å². The van der Waals surface area contributed by atoms with E-state index in [9.17, 15) is 0 Å². The van der Waals surface area contributed by atoms with Crippen molar-refractivity contribution >= 4 is 32.3 Å². The Kier molecular flexibility index (Phi) is 3.46. The van der Waals surface area contributed by atoms with Crippen LogP contribution in [0.3, 0.4) is 0 Å². The zero-order valence-electron chi connectivity index (χ0n) is 5.80. The van der Waals surface area contributed by atoms with Gasteiger partial charge in [-0.05, 0) is 0 Å². The van der Waals surface area contributed by atoms with Crippen LogP contribution < -0.4 is 11.1 Å². The number of rotatable bonds is 2. The molecule has 2 nitrogen and oxygen atoms in total. The molecule has 58 valence electrons. The Morgan fingerprint density at radius 1 is 1.80 bits per heavy atom. The summed E-state index contributed by atoms with van der Waals surface area (Å²) in [6, 6.07) is 0. The minimum atomic E-state index is 0.447. The van der Waals surface area contributed by atoms with Crippen molar-refractivity contribution in [3.05, 3.63) is 0 Å². The molecule has 1 unspecified atom stereocenters. The fraction of sp³-hybridized carbons (Fsp3) is 0.833. The van der Waals surface area contributed by atoms with Crippen molar-refractivity contribution < 1.29 is 0 Å². The van der Waals surface area contributed by atoms with Crippen molar-refractivity contribution in [3.8, 4) is 0 Å². The van der Waals surface area contributed by atoms with Crippen LogP contribution in [0.1, 0.15) is 12.8 Å². The Bertz CT molecular complexity index is 123. The van der Waals surface area contributed by atoms with Crippen LogP contribution in [0.4, 0.5) is 0 Å². The van der Waals surface area contributed by atoms with Gasteiger partial charge in [-0.15, -0.1) is 0 Å². The van der Waals surface area contributed by atoms with Crippen molar-refractivity contribution in [3.63, 3.8) is 0 Å². The summed E-state index contributed by atoms with van der Waals surface area (Å²) in [4.78, 5) is 0.883. The molecule has 0 amide bonds. The Morgan fingerprint density at radius 2 is 2.60 bits per heavy atom. The molecular weight excluding hydrogens is 211 g/mol. The summed E-state index contributed by atoms with van der Waals surface area (Å²) in [6.07, 6.45) is 2.78. The summed E-state index contributed by atoms with van der Waals surface area (Å²) >= 11 is 5.55. The molecule has 0 radical (unpaired) electrons. The number of nitrogens with two attached hydrogens (primary N) is 1. The maximum absolute atomic E-state index is 5.30. The summed E-state index contributed by atoms with van der Waals surface area (Å²) in [5.74, 6) is 0. The molecule has 1 aliphatic heterocycles. The Balaban J connectivity index is 2.07. The van der Waals surface area contributed by atoms with E-state index in [0.29, 0.717) is 5.11 Å². The van der Waals surface area contributed by atoms with Crippen molar-refractivity contribution in [2.75, 3.05) is 6.54 Å². The van der Waals surface area contributed by atoms with Crippen LogP contribution in [-0.2, 0) is 0 Å². The van der Waals surface area contributed by atoms with Gasteiger partial charge >= 0.3 is 72.9 Å². The van der Waals surface area contributed by atoms with E-state index in [2.05, 4.69) is 5.32 Å². The Morgan fingerprint density at radius 3 is 3.10 bits per heavy atom. The predicted molar refractivity (Wildman–Crippen MR) is 48.3 cm³/mol. The predicted octanol–water partition coefficient (Wildman–Crippen LogP) is 0.524. The minimum absolute atomic E-state index is 0.447. The number of nitrogens with one attached hydrogen (secondary N) is 1. The van der Waals surface area contributed by atoms with Crippen LogP contribution in [0.2, 0.25) is 10.1 Å². The molecule has 0 spiro atoms. The zero-order chi connectivity index (χ0) is 7.40. The van der Waals surface area contributed by atoms with Crippen molar-refractivity contribution in [2.24, 2.45) is 5.73 Å². The van der Waals surface area contributed by atoms with E-state index in [1.165, 1.54) is 18.2 Å². The SMILES string of the molecule is NC(=S)NCC1CCC[Se]1. The van der Waals surface area contributed by atoms with Crippen LogP contribution in [0.25, 0.3) is 0 Å². The first kappa shape index (κ1) is 8.31. The first-order valence-corrected chi connectivity index (χ1v) is 6.05. The Labute approximate surface area is 73.1 Å². The normalized spacial score (nSPS) is 24.6. The first-order valence-electron chi connectivity index (χ1n) is 3.44. The number of thiocarbonyl (C=S) groups is 1. The molecule has 3 N–H and O–H groups in total. The fourth-order valence-electron chi connectivity index (χ4n) is 1.02. The van der Waals surface area contributed by atoms with Crippen LogP contribution in [0, 0.1) is 0 Å². The summed E-state index contributed by atoms with van der Waals surface area (Å²) in [7, 11) is 0. The van der Waals surface area contributed by atoms with Gasteiger partial charge in [-0.3, -0.25) is 0 Å². The third kappa shape index (κ3) is 2.86. The van der Waals surface area contributed by atoms with Crippen molar-refractivity contribution in [1.82, 2.24) is 5.32 Å². The molecule has 1 heterocycles. The molecule has 1 rings (SSSR count). The van der Waals surface area contributed by atoms with Gasteiger partial charge < -0.3 is 0 Å². The molecule has 1 aliphatic rings. The first-order chi connectivity index (χ1) is 4.79. The van der Waals surface area contributed by atoms with Crippen molar-refractivity contribution in [1.29, 1.82) is 0 Å². The van der Waals surface area contributed by atoms with E-state index in [4.69, 9.17) is 18.0 Å². The second-order valence-corrected chi connectivity index (χ2v) is 5.77. The molecule has 0 aliphatic carbocycles. The molecule has 10 heavy (non-hydrogen) atoms. The zero-order valence-corrected chi connectivity index (χ0v) is 8.33. The van der Waals surface area contributed by atoms with Crippen LogP contribution in [0.5, 0.6) is 0 Å². The second kappa shape index (κ2) is 4.16. The average Bonchev–Trinajstić information content (AvgIpc) is 2.34. The number of hydrogen-bond donors (Lipinski definition) is 2. The molecule has 1 saturated heterocycles. The molecule has 1 fully saturated rings. The summed E-state index contributed by atoms with van der Waals surface area (Å²) < 4.78 is 0. The standard InChI is InChI=1S/C6H12N2SSe/c7-6(9)8-4-5-2-1-3-10-5/h5H,1-4H2,(H3,7,8,9). The molecule has 0 aromatic carbocycles. The molecular formula is C6H12N2SSe. The second-order valence-electron chi connectivity index (χ2n) is 2.38. The third-order valence-electron chi connectivity index (χ3n) is 1.53. The summed E-state index contributed by atoms with van der Waals surface area (Å²) in [6.45, 7) is 1.01. The maximum atomic E-state index is 5.30. The fourth-order valence-corrected chi connectivity index (χ4v) is 3.62. The molecule has 1 atom stereocenters. The molecule has 0 aromatic rings. The molecule has 4 heteroatoms. The van der Waals surface area contributed by atoms with E-state index in [1.54, 1.807) is 0 Å². The van der Waals surface area contributed by atoms with Crippen LogP contribution >= 0.6 is 12.2 Å². The monoisotopic (exact) mass is 224 g/mol. The topological polar surface area (TPSA) is 38.0 Å². The van der Waals surface area contributed by atoms with Gasteiger partial charge in [-0.1, -0.05) is 0 Å². The van der Waals surface area contributed by atoms with Crippen LogP contribution in [0.15, 0.2) is 0 Å². The van der Waals surface area contributed by atoms with Gasteiger partial charge in [0, 0.05) is 0 Å². The van der Waals surface area contributed by atoms with E-state index >= 15 is 0 Å². The quantitative estimate of drug-likeness (QED) is 0.529. The molecule has 0 bridgehead atoms. The molecule has 0 aromatic heterocycles. The van der Waals surface area contributed by atoms with E-state index in [-0.39, 0.29) is 0 Å². The Hall–Kier alpha value is 0.209. The van der Waals surface area contributed by atoms with Gasteiger partial charge in [0.15, 0.2) is 0 Å². The van der Waals surface area contributed by atoms with E-state index in [0.717, 1.165) is 26.3 Å². The van der Waals surface area contributed by atoms with Gasteiger partial charge in [-0.25, -0.2) is 0 Å². The average molecular weight is 223 g/mol. The summed E-state index contributed by atoms with van der Waals surface area (Å²) in [5, 5.41) is 4.90.